The van der Waals surface area contributed by atoms with E-state index < -0.39 is 17.8 Å². The van der Waals surface area contributed by atoms with Crippen molar-refractivity contribution in [3.05, 3.63) is 76.5 Å². The van der Waals surface area contributed by atoms with Crippen LogP contribution in [0.3, 0.4) is 0 Å². The lowest BCUT2D eigenvalue weighted by molar-refractivity contribution is -0.122. The van der Waals surface area contributed by atoms with Gasteiger partial charge < -0.3 is 9.15 Å². The Morgan fingerprint density at radius 2 is 1.88 bits per heavy atom. The molecule has 2 heterocycles. The predicted molar refractivity (Wildman–Crippen MR) is 124 cm³/mol. The molecule has 1 N–H and O–H groups in total. The molecule has 4 rings (SSSR count). The van der Waals surface area contributed by atoms with Crippen LogP contribution >= 0.6 is 27.7 Å². The maximum atomic E-state index is 13.1. The smallest absolute Gasteiger partial charge is 0.335 e. The van der Waals surface area contributed by atoms with Gasteiger partial charge in [-0.25, -0.2) is 9.69 Å². The van der Waals surface area contributed by atoms with Crippen LogP contribution in [0.15, 0.2) is 85.1 Å². The molecule has 0 saturated carbocycles. The number of furan rings is 1. The van der Waals surface area contributed by atoms with Crippen LogP contribution in [-0.2, 0) is 9.59 Å². The Kier molecular flexibility index (Phi) is 6.48. The van der Waals surface area contributed by atoms with Gasteiger partial charge in [-0.05, 0) is 59.3 Å². The molecule has 1 aliphatic rings. The molecule has 0 spiro atoms. The zero-order valence-electron chi connectivity index (χ0n) is 16.8. The first kappa shape index (κ1) is 21.9. The summed E-state index contributed by atoms with van der Waals surface area (Å²) in [4.78, 5) is 39.8. The lowest BCUT2D eigenvalue weighted by Crippen LogP contribution is -2.54. The largest absolute Gasteiger partial charge is 0.494 e. The number of rotatable bonds is 6. The normalized spacial score (nSPS) is 15.2. The van der Waals surface area contributed by atoms with Gasteiger partial charge in [0.2, 0.25) is 0 Å². The van der Waals surface area contributed by atoms with Gasteiger partial charge >= 0.3 is 6.03 Å². The first-order chi connectivity index (χ1) is 15.5. The van der Waals surface area contributed by atoms with Gasteiger partial charge in [-0.1, -0.05) is 36.0 Å². The Morgan fingerprint density at radius 3 is 2.62 bits per heavy atom. The van der Waals surface area contributed by atoms with Crippen LogP contribution in [-0.4, -0.2) is 24.5 Å². The number of amides is 4. The average molecular weight is 513 g/mol. The number of halogens is 1. The minimum Gasteiger partial charge on any atom is -0.494 e. The van der Waals surface area contributed by atoms with E-state index in [0.29, 0.717) is 27.7 Å². The number of nitrogens with one attached hydrogen (secondary N) is 1. The number of urea groups is 1. The number of hydrogen-bond donors (Lipinski definition) is 1. The van der Waals surface area contributed by atoms with Crippen molar-refractivity contribution >= 4 is 57.3 Å². The number of imide groups is 2. The molecule has 0 radical (unpaired) electrons. The van der Waals surface area contributed by atoms with E-state index in [9.17, 15) is 14.4 Å². The SMILES string of the molecule is CCOc1cccc(N2C(=O)NC(=O)/C(=C\c3cc(Br)c(Sc4ccccc4)o3)C2=O)c1. The van der Waals surface area contributed by atoms with Gasteiger partial charge in [0.05, 0.1) is 16.8 Å². The van der Waals surface area contributed by atoms with Crippen molar-refractivity contribution in [3.63, 3.8) is 0 Å². The highest BCUT2D eigenvalue weighted by atomic mass is 79.9. The Morgan fingerprint density at radius 1 is 1.09 bits per heavy atom. The van der Waals surface area contributed by atoms with Gasteiger partial charge in [-0.15, -0.1) is 0 Å². The van der Waals surface area contributed by atoms with Crippen LogP contribution in [0, 0.1) is 0 Å². The Hall–Kier alpha value is -3.30. The van der Waals surface area contributed by atoms with Crippen molar-refractivity contribution in [2.24, 2.45) is 0 Å². The van der Waals surface area contributed by atoms with Crippen molar-refractivity contribution in [1.29, 1.82) is 0 Å². The standard InChI is InChI=1S/C23H17BrN2O5S/c1-2-30-15-8-6-7-14(11-15)26-21(28)18(20(27)25-23(26)29)12-16-13-19(24)22(31-16)32-17-9-4-3-5-10-17/h3-13H,2H2,1H3,(H,25,27,29)/b18-12+. The second-order valence-electron chi connectivity index (χ2n) is 6.59. The van der Waals surface area contributed by atoms with Crippen molar-refractivity contribution in [2.75, 3.05) is 11.5 Å². The molecule has 162 valence electrons. The molecule has 9 heteroatoms. The molecule has 32 heavy (non-hydrogen) atoms. The van der Waals surface area contributed by atoms with E-state index in [1.165, 1.54) is 17.8 Å². The van der Waals surface area contributed by atoms with Crippen LogP contribution in [0.1, 0.15) is 12.7 Å². The number of carbonyl (C=O) groups excluding carboxylic acids is 3. The minimum atomic E-state index is -0.827. The number of benzene rings is 2. The lowest BCUT2D eigenvalue weighted by Gasteiger charge is -2.26. The molecule has 0 unspecified atom stereocenters. The number of ether oxygens (including phenoxy) is 1. The zero-order valence-corrected chi connectivity index (χ0v) is 19.2. The molecule has 7 nitrogen and oxygen atoms in total. The molecular formula is C23H17BrN2O5S. The van der Waals surface area contributed by atoms with Gasteiger partial charge in [0.25, 0.3) is 11.8 Å². The van der Waals surface area contributed by atoms with Gasteiger partial charge in [0.15, 0.2) is 5.09 Å². The number of hydrogen-bond acceptors (Lipinski definition) is 6. The Balaban J connectivity index is 1.64. The molecular weight excluding hydrogens is 496 g/mol. The zero-order chi connectivity index (χ0) is 22.7. The summed E-state index contributed by atoms with van der Waals surface area (Å²) in [6.07, 6.45) is 1.32. The monoisotopic (exact) mass is 512 g/mol. The molecule has 4 amide bonds. The highest BCUT2D eigenvalue weighted by molar-refractivity contribution is 9.10. The quantitative estimate of drug-likeness (QED) is 0.358. The molecule has 3 aromatic rings. The lowest BCUT2D eigenvalue weighted by atomic mass is 10.1. The Bertz CT molecular complexity index is 1220. The summed E-state index contributed by atoms with van der Waals surface area (Å²) in [7, 11) is 0. The average Bonchev–Trinajstić information content (AvgIpc) is 3.11. The van der Waals surface area contributed by atoms with E-state index in [4.69, 9.17) is 9.15 Å². The molecule has 0 aliphatic carbocycles. The predicted octanol–water partition coefficient (Wildman–Crippen LogP) is 5.26. The van der Waals surface area contributed by atoms with E-state index in [1.54, 1.807) is 30.3 Å². The summed E-state index contributed by atoms with van der Waals surface area (Å²) in [6.45, 7) is 2.26. The third-order valence-electron chi connectivity index (χ3n) is 4.40. The van der Waals surface area contributed by atoms with E-state index in [2.05, 4.69) is 21.2 Å². The third kappa shape index (κ3) is 4.63. The first-order valence-electron chi connectivity index (χ1n) is 9.63. The maximum absolute atomic E-state index is 13.1. The fourth-order valence-electron chi connectivity index (χ4n) is 3.02. The summed E-state index contributed by atoms with van der Waals surface area (Å²) in [6, 6.07) is 17.0. The van der Waals surface area contributed by atoms with Gasteiger partial charge in [-0.3, -0.25) is 14.9 Å². The van der Waals surface area contributed by atoms with E-state index in [0.717, 1.165) is 9.80 Å². The van der Waals surface area contributed by atoms with Gasteiger partial charge in [0.1, 0.15) is 17.1 Å². The summed E-state index contributed by atoms with van der Waals surface area (Å²) < 4.78 is 11.9. The molecule has 0 bridgehead atoms. The molecule has 1 saturated heterocycles. The summed E-state index contributed by atoms with van der Waals surface area (Å²) in [5, 5.41) is 2.77. The van der Waals surface area contributed by atoms with Crippen LogP contribution < -0.4 is 15.0 Å². The first-order valence-corrected chi connectivity index (χ1v) is 11.2. The van der Waals surface area contributed by atoms with Crippen LogP contribution in [0.4, 0.5) is 10.5 Å². The van der Waals surface area contributed by atoms with E-state index in [-0.39, 0.29) is 11.3 Å². The molecule has 1 aromatic heterocycles. The number of barbiturate groups is 1. The van der Waals surface area contributed by atoms with Crippen molar-refractivity contribution < 1.29 is 23.5 Å². The second kappa shape index (κ2) is 9.46. The third-order valence-corrected chi connectivity index (χ3v) is 6.25. The highest BCUT2D eigenvalue weighted by Gasteiger charge is 2.37. The summed E-state index contributed by atoms with van der Waals surface area (Å²) in [5.74, 6) is -0.740. The molecule has 1 aliphatic heterocycles. The fraction of sp³-hybridized carbons (Fsp3) is 0.0870. The molecule has 0 atom stereocenters. The summed E-state index contributed by atoms with van der Waals surface area (Å²) >= 11 is 4.84. The van der Waals surface area contributed by atoms with Crippen molar-refractivity contribution in [1.82, 2.24) is 5.32 Å². The van der Waals surface area contributed by atoms with Crippen molar-refractivity contribution in [2.45, 2.75) is 16.9 Å². The van der Waals surface area contributed by atoms with Crippen LogP contribution in [0.25, 0.3) is 6.08 Å². The number of anilines is 1. The fourth-order valence-corrected chi connectivity index (χ4v) is 4.37. The molecule has 1 fully saturated rings. The van der Waals surface area contributed by atoms with Gasteiger partial charge in [-0.2, -0.15) is 0 Å². The number of nitrogens with zero attached hydrogens (tertiary/aromatic N) is 1. The van der Waals surface area contributed by atoms with Gasteiger partial charge in [0, 0.05) is 11.0 Å². The van der Waals surface area contributed by atoms with Crippen LogP contribution in [0.2, 0.25) is 0 Å². The second-order valence-corrected chi connectivity index (χ2v) is 8.49. The van der Waals surface area contributed by atoms with E-state index >= 15 is 0 Å². The summed E-state index contributed by atoms with van der Waals surface area (Å²) in [5.41, 5.74) is 0.0710. The maximum Gasteiger partial charge on any atom is 0.335 e. The topological polar surface area (TPSA) is 88.8 Å². The highest BCUT2D eigenvalue weighted by Crippen LogP contribution is 2.36. The van der Waals surface area contributed by atoms with E-state index in [1.807, 2.05) is 37.3 Å². The minimum absolute atomic E-state index is 0.219. The van der Waals surface area contributed by atoms with Crippen molar-refractivity contribution in [3.8, 4) is 5.75 Å². The molecule has 2 aromatic carbocycles. The van der Waals surface area contributed by atoms with Crippen LogP contribution in [0.5, 0.6) is 5.75 Å². The Labute approximate surface area is 196 Å². The number of carbonyl (C=O) groups is 3.